The van der Waals surface area contributed by atoms with Gasteiger partial charge in [-0.2, -0.15) is 5.10 Å². The van der Waals surface area contributed by atoms with Crippen LogP contribution in [0, 0.1) is 36.5 Å². The smallest absolute Gasteiger partial charge is 0.126 e. The zero-order chi connectivity index (χ0) is 20.2. The fourth-order valence-electron chi connectivity index (χ4n) is 6.83. The Kier molecular flexibility index (Phi) is 4.48. The summed E-state index contributed by atoms with van der Waals surface area (Å²) in [7, 11) is 1.97. The van der Waals surface area contributed by atoms with E-state index in [1.165, 1.54) is 45.3 Å². The predicted molar refractivity (Wildman–Crippen MR) is 120 cm³/mol. The first-order valence-electron chi connectivity index (χ1n) is 11.7. The first-order chi connectivity index (χ1) is 14.6. The molecule has 0 aromatic carbocycles. The Morgan fingerprint density at radius 1 is 1.07 bits per heavy atom. The lowest BCUT2D eigenvalue weighted by molar-refractivity contribution is 0.238. The molecule has 2 aromatic heterocycles. The van der Waals surface area contributed by atoms with Gasteiger partial charge in [0.25, 0.3) is 0 Å². The minimum absolute atomic E-state index is 0.575. The molecule has 158 valence electrons. The number of aryl methyl sites for hydroxylation is 2. The number of hydrogen-bond donors (Lipinski definition) is 1. The lowest BCUT2D eigenvalue weighted by atomic mass is 9.93. The topological polar surface area (TPSA) is 46.0 Å². The number of aromatic nitrogens is 3. The molecule has 1 N–H and O–H groups in total. The van der Waals surface area contributed by atoms with E-state index in [-0.39, 0.29) is 0 Å². The van der Waals surface area contributed by atoms with Crippen LogP contribution in [0.3, 0.4) is 0 Å². The molecule has 2 aromatic rings. The number of rotatable bonds is 5. The van der Waals surface area contributed by atoms with Crippen molar-refractivity contribution in [2.45, 2.75) is 38.6 Å². The molecular formula is C25H33N5. The summed E-state index contributed by atoms with van der Waals surface area (Å²) < 4.78 is 1.87. The van der Waals surface area contributed by atoms with Crippen LogP contribution in [0.25, 0.3) is 11.1 Å². The van der Waals surface area contributed by atoms with E-state index in [1.807, 2.05) is 17.9 Å². The van der Waals surface area contributed by atoms with Crippen LogP contribution in [0.15, 0.2) is 36.7 Å². The minimum atomic E-state index is 0.575. The van der Waals surface area contributed by atoms with Crippen molar-refractivity contribution in [3.8, 4) is 11.1 Å². The summed E-state index contributed by atoms with van der Waals surface area (Å²) in [5.74, 6) is 5.46. The number of hydrogen-bond acceptors (Lipinski definition) is 4. The van der Waals surface area contributed by atoms with E-state index in [1.54, 1.807) is 0 Å². The van der Waals surface area contributed by atoms with Gasteiger partial charge in [0, 0.05) is 56.2 Å². The van der Waals surface area contributed by atoms with Crippen LogP contribution in [0.4, 0.5) is 5.82 Å². The standard InChI is InChI=1S/C25H33N5/c1-16-24(15-29(2)28-16)19-5-6-25(26-11-19)27-23-9-21-13-30(14-22(21)10-23)12-20-8-17-3-4-18(20)7-17/h3-6,11,15,17-18,20-23H,7-10,12-14H2,1-2H3,(H,26,27)/t17?,18?,20?,21-,22+,23+. The van der Waals surface area contributed by atoms with Crippen LogP contribution in [0.5, 0.6) is 0 Å². The summed E-state index contributed by atoms with van der Waals surface area (Å²) in [5, 5.41) is 8.16. The summed E-state index contributed by atoms with van der Waals surface area (Å²) in [5.41, 5.74) is 3.35. The highest BCUT2D eigenvalue weighted by Crippen LogP contribution is 2.45. The average molecular weight is 404 g/mol. The van der Waals surface area contributed by atoms with Crippen LogP contribution >= 0.6 is 0 Å². The first kappa shape index (κ1) is 18.6. The van der Waals surface area contributed by atoms with Crippen molar-refractivity contribution in [3.05, 3.63) is 42.4 Å². The van der Waals surface area contributed by atoms with Gasteiger partial charge >= 0.3 is 0 Å². The van der Waals surface area contributed by atoms with E-state index in [9.17, 15) is 0 Å². The number of anilines is 1. The Balaban J connectivity index is 1.02. The molecule has 0 amide bonds. The van der Waals surface area contributed by atoms with Gasteiger partial charge in [0.1, 0.15) is 5.82 Å². The molecule has 1 saturated heterocycles. The van der Waals surface area contributed by atoms with Gasteiger partial charge < -0.3 is 10.2 Å². The number of allylic oxidation sites excluding steroid dienone is 2. The van der Waals surface area contributed by atoms with Gasteiger partial charge in [0.15, 0.2) is 0 Å². The zero-order valence-electron chi connectivity index (χ0n) is 18.2. The van der Waals surface area contributed by atoms with E-state index in [0.717, 1.165) is 52.2 Å². The largest absolute Gasteiger partial charge is 0.367 e. The van der Waals surface area contributed by atoms with E-state index >= 15 is 0 Å². The van der Waals surface area contributed by atoms with Crippen molar-refractivity contribution in [3.63, 3.8) is 0 Å². The highest BCUT2D eigenvalue weighted by molar-refractivity contribution is 5.65. The Bertz CT molecular complexity index is 931. The molecule has 5 nitrogen and oxygen atoms in total. The number of likely N-dealkylation sites (tertiary alicyclic amines) is 1. The van der Waals surface area contributed by atoms with Gasteiger partial charge in [-0.1, -0.05) is 12.2 Å². The fourth-order valence-corrected chi connectivity index (χ4v) is 6.83. The van der Waals surface area contributed by atoms with Crippen LogP contribution in [0.2, 0.25) is 0 Å². The Morgan fingerprint density at radius 3 is 2.50 bits per heavy atom. The normalized spacial score (nSPS) is 34.7. The molecule has 3 fully saturated rings. The number of nitrogens with zero attached hydrogens (tertiary/aromatic N) is 4. The molecule has 6 rings (SSSR count). The number of pyridine rings is 1. The van der Waals surface area contributed by atoms with Crippen molar-refractivity contribution < 1.29 is 0 Å². The monoisotopic (exact) mass is 403 g/mol. The summed E-state index contributed by atoms with van der Waals surface area (Å²) in [6, 6.07) is 4.87. The van der Waals surface area contributed by atoms with Crippen molar-refractivity contribution >= 4 is 5.82 Å². The van der Waals surface area contributed by atoms with Gasteiger partial charge in [0.05, 0.1) is 5.69 Å². The first-order valence-corrected chi connectivity index (χ1v) is 11.7. The van der Waals surface area contributed by atoms with E-state index in [0.29, 0.717) is 6.04 Å². The SMILES string of the molecule is Cc1nn(C)cc1-c1ccc(N[C@H]2C[C@@H]3CN(CC4CC5C=CC4C5)C[C@@H]3C2)nc1. The van der Waals surface area contributed by atoms with Gasteiger partial charge in [-0.3, -0.25) is 4.68 Å². The number of fused-ring (bicyclic) bond motifs is 3. The van der Waals surface area contributed by atoms with Crippen LogP contribution in [-0.4, -0.2) is 45.3 Å². The number of nitrogens with one attached hydrogen (secondary N) is 1. The van der Waals surface area contributed by atoms with Crippen molar-refractivity contribution in [1.29, 1.82) is 0 Å². The van der Waals surface area contributed by atoms with E-state index in [2.05, 4.69) is 52.7 Å². The van der Waals surface area contributed by atoms with Crippen molar-refractivity contribution in [2.75, 3.05) is 25.0 Å². The van der Waals surface area contributed by atoms with Crippen LogP contribution in [-0.2, 0) is 7.05 Å². The van der Waals surface area contributed by atoms with E-state index < -0.39 is 0 Å². The highest BCUT2D eigenvalue weighted by atomic mass is 15.2. The van der Waals surface area contributed by atoms with Gasteiger partial charge in [-0.15, -0.1) is 0 Å². The molecular weight excluding hydrogens is 370 g/mol. The third-order valence-corrected chi connectivity index (χ3v) is 8.18. The minimum Gasteiger partial charge on any atom is -0.367 e. The second-order valence-electron chi connectivity index (χ2n) is 10.3. The molecule has 2 bridgehead atoms. The summed E-state index contributed by atoms with van der Waals surface area (Å²) in [6.07, 6.45) is 14.5. The molecule has 4 aliphatic rings. The van der Waals surface area contributed by atoms with Crippen molar-refractivity contribution in [2.24, 2.45) is 36.6 Å². The average Bonchev–Trinajstić information content (AvgIpc) is 3.51. The van der Waals surface area contributed by atoms with Crippen LogP contribution < -0.4 is 5.32 Å². The van der Waals surface area contributed by atoms with Gasteiger partial charge in [0.2, 0.25) is 0 Å². The molecule has 0 spiro atoms. The molecule has 0 radical (unpaired) electrons. The second-order valence-corrected chi connectivity index (χ2v) is 10.3. The molecule has 3 heterocycles. The maximum absolute atomic E-state index is 4.70. The Labute approximate surface area is 179 Å². The molecule has 30 heavy (non-hydrogen) atoms. The molecule has 5 heteroatoms. The quantitative estimate of drug-likeness (QED) is 0.763. The lowest BCUT2D eigenvalue weighted by Gasteiger charge is -2.26. The molecule has 2 saturated carbocycles. The lowest BCUT2D eigenvalue weighted by Crippen LogP contribution is -2.31. The maximum Gasteiger partial charge on any atom is 0.126 e. The summed E-state index contributed by atoms with van der Waals surface area (Å²) in [4.78, 5) is 7.49. The molecule has 6 atom stereocenters. The van der Waals surface area contributed by atoms with E-state index in [4.69, 9.17) is 4.98 Å². The Morgan fingerprint density at radius 2 is 1.90 bits per heavy atom. The summed E-state index contributed by atoms with van der Waals surface area (Å²) in [6.45, 7) is 6.02. The third-order valence-electron chi connectivity index (χ3n) is 8.18. The summed E-state index contributed by atoms with van der Waals surface area (Å²) >= 11 is 0. The predicted octanol–water partition coefficient (Wildman–Crippen LogP) is 4.13. The molecule has 3 aliphatic carbocycles. The maximum atomic E-state index is 4.70. The van der Waals surface area contributed by atoms with Gasteiger partial charge in [-0.05, 0) is 74.3 Å². The molecule has 3 unspecified atom stereocenters. The highest BCUT2D eigenvalue weighted by Gasteiger charge is 2.43. The molecule has 1 aliphatic heterocycles. The second kappa shape index (κ2) is 7.23. The third kappa shape index (κ3) is 3.37. The fraction of sp³-hybridized carbons (Fsp3) is 0.600. The van der Waals surface area contributed by atoms with Crippen LogP contribution in [0.1, 0.15) is 31.4 Å². The van der Waals surface area contributed by atoms with Gasteiger partial charge in [-0.25, -0.2) is 4.98 Å². The van der Waals surface area contributed by atoms with Crippen molar-refractivity contribution in [1.82, 2.24) is 19.7 Å². The zero-order valence-corrected chi connectivity index (χ0v) is 18.2. The Hall–Kier alpha value is -2.14.